The molecule has 0 aliphatic heterocycles. The van der Waals surface area contributed by atoms with Crippen molar-refractivity contribution in [2.24, 2.45) is 0 Å². The second-order valence-electron chi connectivity index (χ2n) is 5.82. The predicted octanol–water partition coefficient (Wildman–Crippen LogP) is 4.94. The van der Waals surface area contributed by atoms with Gasteiger partial charge in [0.25, 0.3) is 5.56 Å². The van der Waals surface area contributed by atoms with E-state index in [-0.39, 0.29) is 5.56 Å². The molecule has 1 aromatic carbocycles. The highest BCUT2D eigenvalue weighted by Crippen LogP contribution is 2.16. The zero-order chi connectivity index (χ0) is 15.8. The monoisotopic (exact) mass is 295 g/mol. The molecule has 0 bridgehead atoms. The number of unbranched alkanes of at least 4 members (excludes halogenated alkanes) is 6. The molecule has 0 unspecified atom stereocenters. The highest BCUT2D eigenvalue weighted by molar-refractivity contribution is 5.83. The third-order valence-corrected chi connectivity index (χ3v) is 4.05. The van der Waals surface area contributed by atoms with Gasteiger partial charge in [-0.3, -0.25) is 4.79 Å². The molecule has 0 aliphatic carbocycles. The number of H-pyrrole nitrogens is 1. The van der Waals surface area contributed by atoms with Crippen LogP contribution in [0.15, 0.2) is 29.1 Å². The lowest BCUT2D eigenvalue weighted by Gasteiger charge is -2.03. The fourth-order valence-corrected chi connectivity index (χ4v) is 2.70. The molecule has 116 valence electrons. The number of nitrogens with one attached hydrogen (secondary N) is 1. The molecular formula is C20H25NO. The topological polar surface area (TPSA) is 32.9 Å². The molecule has 2 rings (SSSR count). The van der Waals surface area contributed by atoms with Crippen molar-refractivity contribution in [3.63, 3.8) is 0 Å². The summed E-state index contributed by atoms with van der Waals surface area (Å²) in [5, 5.41) is 1.07. The van der Waals surface area contributed by atoms with E-state index in [9.17, 15) is 4.79 Å². The number of aromatic amines is 1. The Hall–Kier alpha value is -2.01. The van der Waals surface area contributed by atoms with Crippen LogP contribution in [0.1, 0.15) is 63.0 Å². The summed E-state index contributed by atoms with van der Waals surface area (Å²) in [6.45, 7) is 4.21. The normalized spacial score (nSPS) is 10.5. The maximum atomic E-state index is 12.1. The van der Waals surface area contributed by atoms with Crippen molar-refractivity contribution in [3.05, 3.63) is 45.7 Å². The van der Waals surface area contributed by atoms with Crippen molar-refractivity contribution in [3.8, 4) is 11.8 Å². The number of hydrogen-bond acceptors (Lipinski definition) is 1. The summed E-state index contributed by atoms with van der Waals surface area (Å²) >= 11 is 0. The van der Waals surface area contributed by atoms with Gasteiger partial charge in [0, 0.05) is 17.3 Å². The molecule has 2 heteroatoms. The van der Waals surface area contributed by atoms with E-state index in [1.54, 1.807) is 0 Å². The van der Waals surface area contributed by atoms with Gasteiger partial charge in [-0.1, -0.05) is 69.1 Å². The highest BCUT2D eigenvalue weighted by Gasteiger charge is 2.05. The van der Waals surface area contributed by atoms with Crippen molar-refractivity contribution >= 4 is 10.9 Å². The second kappa shape index (κ2) is 8.44. The van der Waals surface area contributed by atoms with E-state index >= 15 is 0 Å². The van der Waals surface area contributed by atoms with Gasteiger partial charge in [0.15, 0.2) is 0 Å². The molecule has 1 heterocycles. The molecule has 0 spiro atoms. The van der Waals surface area contributed by atoms with Crippen LogP contribution in [0.25, 0.3) is 10.9 Å². The molecule has 0 radical (unpaired) electrons. The van der Waals surface area contributed by atoms with E-state index < -0.39 is 0 Å². The Morgan fingerprint density at radius 1 is 1.05 bits per heavy atom. The minimum Gasteiger partial charge on any atom is -0.321 e. The SMILES string of the molecule is CCCCCCCCC#Cc1c(C)c2ccccc2[nH]c1=O. The molecule has 2 aromatic rings. The summed E-state index contributed by atoms with van der Waals surface area (Å²) in [6.07, 6.45) is 8.47. The van der Waals surface area contributed by atoms with Crippen LogP contribution >= 0.6 is 0 Å². The lowest BCUT2D eigenvalue weighted by atomic mass is 10.0. The van der Waals surface area contributed by atoms with Crippen molar-refractivity contribution in [1.82, 2.24) is 4.98 Å². The van der Waals surface area contributed by atoms with Gasteiger partial charge in [0.05, 0.1) is 5.56 Å². The average molecular weight is 295 g/mol. The number of rotatable bonds is 6. The molecule has 0 saturated heterocycles. The third kappa shape index (κ3) is 4.24. The molecule has 1 aromatic heterocycles. The largest absolute Gasteiger partial charge is 0.321 e. The van der Waals surface area contributed by atoms with E-state index in [0.717, 1.165) is 29.3 Å². The van der Waals surface area contributed by atoms with Crippen molar-refractivity contribution in [2.45, 2.75) is 58.8 Å². The fraction of sp³-hybridized carbons (Fsp3) is 0.450. The van der Waals surface area contributed by atoms with Crippen LogP contribution in [-0.4, -0.2) is 4.98 Å². The van der Waals surface area contributed by atoms with Gasteiger partial charge in [0.1, 0.15) is 0 Å². The van der Waals surface area contributed by atoms with Gasteiger partial charge < -0.3 is 4.98 Å². The van der Waals surface area contributed by atoms with Crippen molar-refractivity contribution < 1.29 is 0 Å². The first kappa shape index (κ1) is 16.4. The number of aryl methyl sites for hydroxylation is 1. The number of benzene rings is 1. The maximum absolute atomic E-state index is 12.1. The molecule has 0 amide bonds. The summed E-state index contributed by atoms with van der Waals surface area (Å²) < 4.78 is 0. The van der Waals surface area contributed by atoms with Gasteiger partial charge in [-0.25, -0.2) is 0 Å². The Labute approximate surface area is 133 Å². The summed E-state index contributed by atoms with van der Waals surface area (Å²) in [5.74, 6) is 6.25. The molecule has 0 saturated carbocycles. The molecule has 0 fully saturated rings. The number of fused-ring (bicyclic) bond motifs is 1. The first-order valence-corrected chi connectivity index (χ1v) is 8.34. The molecule has 22 heavy (non-hydrogen) atoms. The van der Waals surface area contributed by atoms with Crippen LogP contribution < -0.4 is 5.56 Å². The van der Waals surface area contributed by atoms with E-state index in [1.165, 1.54) is 32.1 Å². The van der Waals surface area contributed by atoms with Gasteiger partial charge in [-0.15, -0.1) is 0 Å². The lowest BCUT2D eigenvalue weighted by Crippen LogP contribution is -2.12. The predicted molar refractivity (Wildman–Crippen MR) is 94.2 cm³/mol. The lowest BCUT2D eigenvalue weighted by molar-refractivity contribution is 0.614. The first-order chi connectivity index (χ1) is 10.7. The van der Waals surface area contributed by atoms with Crippen molar-refractivity contribution in [1.29, 1.82) is 0 Å². The van der Waals surface area contributed by atoms with E-state index in [0.29, 0.717) is 5.56 Å². The van der Waals surface area contributed by atoms with E-state index in [1.807, 2.05) is 31.2 Å². The molecule has 0 atom stereocenters. The summed E-state index contributed by atoms with van der Waals surface area (Å²) in [7, 11) is 0. The van der Waals surface area contributed by atoms with Gasteiger partial charge in [-0.2, -0.15) is 0 Å². The Morgan fingerprint density at radius 3 is 2.59 bits per heavy atom. The number of pyridine rings is 1. The van der Waals surface area contributed by atoms with Crippen molar-refractivity contribution in [2.75, 3.05) is 0 Å². The second-order valence-corrected chi connectivity index (χ2v) is 5.82. The summed E-state index contributed by atoms with van der Waals surface area (Å²) in [5.41, 5.74) is 2.40. The Kier molecular flexibility index (Phi) is 6.27. The quantitative estimate of drug-likeness (QED) is 0.594. The van der Waals surface area contributed by atoms with Gasteiger partial charge in [0.2, 0.25) is 0 Å². The van der Waals surface area contributed by atoms with Crippen LogP contribution in [0.5, 0.6) is 0 Å². The molecule has 0 aliphatic rings. The Bertz CT molecular complexity index is 731. The Morgan fingerprint density at radius 2 is 1.77 bits per heavy atom. The summed E-state index contributed by atoms with van der Waals surface area (Å²) in [6, 6.07) is 7.87. The van der Waals surface area contributed by atoms with Crippen LogP contribution in [0.3, 0.4) is 0 Å². The van der Waals surface area contributed by atoms with Crippen LogP contribution in [0.2, 0.25) is 0 Å². The standard InChI is InChI=1S/C20H25NO/c1-3-4-5-6-7-8-9-10-14-18-16(2)17-13-11-12-15-19(17)21-20(18)22/h11-13,15H,3-9H2,1-2H3,(H,21,22). The highest BCUT2D eigenvalue weighted by atomic mass is 16.1. The van der Waals surface area contributed by atoms with Gasteiger partial charge in [-0.05, 0) is 25.0 Å². The van der Waals surface area contributed by atoms with Crippen LogP contribution in [0, 0.1) is 18.8 Å². The van der Waals surface area contributed by atoms with E-state index in [2.05, 4.69) is 23.7 Å². The minimum atomic E-state index is -0.0772. The van der Waals surface area contributed by atoms with Gasteiger partial charge >= 0.3 is 0 Å². The number of aromatic nitrogens is 1. The Balaban J connectivity index is 2.00. The fourth-order valence-electron chi connectivity index (χ4n) is 2.70. The average Bonchev–Trinajstić information content (AvgIpc) is 2.52. The molecular weight excluding hydrogens is 270 g/mol. The number of hydrogen-bond donors (Lipinski definition) is 1. The van der Waals surface area contributed by atoms with Crippen LogP contribution in [-0.2, 0) is 0 Å². The minimum absolute atomic E-state index is 0.0772. The smallest absolute Gasteiger partial charge is 0.264 e. The first-order valence-electron chi connectivity index (χ1n) is 8.34. The van der Waals surface area contributed by atoms with Crippen LogP contribution in [0.4, 0.5) is 0 Å². The zero-order valence-corrected chi connectivity index (χ0v) is 13.7. The maximum Gasteiger partial charge on any atom is 0.264 e. The number of para-hydroxylation sites is 1. The third-order valence-electron chi connectivity index (χ3n) is 4.05. The van der Waals surface area contributed by atoms with E-state index in [4.69, 9.17) is 0 Å². The zero-order valence-electron chi connectivity index (χ0n) is 13.7. The summed E-state index contributed by atoms with van der Waals surface area (Å²) in [4.78, 5) is 15.1. The molecule has 2 nitrogen and oxygen atoms in total. The molecule has 1 N–H and O–H groups in total.